The minimum absolute atomic E-state index is 0.484. The molecule has 0 spiro atoms. The number of hydrogen-bond acceptors (Lipinski definition) is 3. The largest absolute Gasteiger partial charge is 0.399 e. The van der Waals surface area contributed by atoms with Crippen molar-refractivity contribution < 1.29 is 5.11 Å². The normalized spacial score (nSPS) is 12.3. The van der Waals surface area contributed by atoms with E-state index >= 15 is 0 Å². The third kappa shape index (κ3) is 3.51. The van der Waals surface area contributed by atoms with Gasteiger partial charge in [0.2, 0.25) is 0 Å². The Bertz CT molecular complexity index is 515. The first kappa shape index (κ1) is 13.5. The average molecular weight is 324 g/mol. The minimum Gasteiger partial charge on any atom is -0.399 e. The molecule has 2 nitrogen and oxygen atoms in total. The second-order valence-electron chi connectivity index (χ2n) is 3.92. The van der Waals surface area contributed by atoms with Crippen molar-refractivity contribution in [2.24, 2.45) is 0 Å². The van der Waals surface area contributed by atoms with Crippen molar-refractivity contribution in [1.82, 2.24) is 0 Å². The molecule has 0 radical (unpaired) electrons. The highest BCUT2D eigenvalue weighted by Crippen LogP contribution is 2.30. The van der Waals surface area contributed by atoms with E-state index in [1.54, 1.807) is 11.8 Å². The smallest absolute Gasteiger partial charge is 0.0883 e. The Kier molecular flexibility index (Phi) is 4.69. The Balaban J connectivity index is 1.98. The monoisotopic (exact) mass is 323 g/mol. The van der Waals surface area contributed by atoms with Crippen LogP contribution in [0, 0.1) is 0 Å². The third-order valence-electron chi connectivity index (χ3n) is 2.55. The molecule has 3 N–H and O–H groups in total. The second kappa shape index (κ2) is 6.27. The van der Waals surface area contributed by atoms with E-state index in [4.69, 9.17) is 5.73 Å². The first-order valence-corrected chi connectivity index (χ1v) is 7.35. The molecule has 0 fully saturated rings. The summed E-state index contributed by atoms with van der Waals surface area (Å²) in [5.74, 6) is 0.618. The van der Waals surface area contributed by atoms with E-state index < -0.39 is 6.10 Å². The lowest BCUT2D eigenvalue weighted by atomic mass is 10.1. The Morgan fingerprint density at radius 1 is 1.11 bits per heavy atom. The summed E-state index contributed by atoms with van der Waals surface area (Å²) in [7, 11) is 0. The standard InChI is InChI=1S/C14H14BrNOS/c15-12-3-1-2-4-14(12)18-9-13(17)10-5-7-11(16)8-6-10/h1-8,13,17H,9,16H2. The number of aliphatic hydroxyl groups excluding tert-OH is 1. The summed E-state index contributed by atoms with van der Waals surface area (Å²) in [4.78, 5) is 1.13. The molecule has 1 atom stereocenters. The predicted octanol–water partition coefficient (Wildman–Crippen LogP) is 3.86. The van der Waals surface area contributed by atoms with E-state index in [0.717, 1.165) is 14.9 Å². The van der Waals surface area contributed by atoms with Crippen LogP contribution >= 0.6 is 27.7 Å². The van der Waals surface area contributed by atoms with Crippen molar-refractivity contribution in [3.05, 3.63) is 58.6 Å². The van der Waals surface area contributed by atoms with Crippen molar-refractivity contribution in [3.8, 4) is 0 Å². The summed E-state index contributed by atoms with van der Waals surface area (Å²) in [5.41, 5.74) is 7.22. The van der Waals surface area contributed by atoms with Crippen molar-refractivity contribution in [2.75, 3.05) is 11.5 Å². The molecule has 2 aromatic rings. The SMILES string of the molecule is Nc1ccc(C(O)CSc2ccccc2Br)cc1. The molecular weight excluding hydrogens is 310 g/mol. The van der Waals surface area contributed by atoms with Crippen LogP contribution in [0.5, 0.6) is 0 Å². The van der Waals surface area contributed by atoms with Crippen LogP contribution in [0.2, 0.25) is 0 Å². The quantitative estimate of drug-likeness (QED) is 0.663. The summed E-state index contributed by atoms with van der Waals surface area (Å²) < 4.78 is 1.06. The lowest BCUT2D eigenvalue weighted by Gasteiger charge is -2.11. The Morgan fingerprint density at radius 3 is 2.44 bits per heavy atom. The molecular formula is C14H14BrNOS. The number of anilines is 1. The molecule has 94 valence electrons. The lowest BCUT2D eigenvalue weighted by Crippen LogP contribution is -2.00. The molecule has 0 saturated carbocycles. The minimum atomic E-state index is -0.484. The number of nitrogens with two attached hydrogens (primary N) is 1. The van der Waals surface area contributed by atoms with Gasteiger partial charge in [-0.2, -0.15) is 0 Å². The molecule has 0 amide bonds. The van der Waals surface area contributed by atoms with Crippen LogP contribution < -0.4 is 5.73 Å². The second-order valence-corrected chi connectivity index (χ2v) is 5.84. The number of rotatable bonds is 4. The van der Waals surface area contributed by atoms with Gasteiger partial charge in [-0.15, -0.1) is 11.8 Å². The fourth-order valence-electron chi connectivity index (χ4n) is 1.54. The fourth-order valence-corrected chi connectivity index (χ4v) is 3.08. The molecule has 18 heavy (non-hydrogen) atoms. The van der Waals surface area contributed by atoms with Crippen LogP contribution in [-0.4, -0.2) is 10.9 Å². The Hall–Kier alpha value is -0.970. The van der Waals surface area contributed by atoms with Gasteiger partial charge in [-0.1, -0.05) is 24.3 Å². The number of hydrogen-bond donors (Lipinski definition) is 2. The van der Waals surface area contributed by atoms with Crippen LogP contribution in [0.4, 0.5) is 5.69 Å². The highest BCUT2D eigenvalue weighted by atomic mass is 79.9. The molecule has 0 bridgehead atoms. The van der Waals surface area contributed by atoms with Crippen LogP contribution in [0.3, 0.4) is 0 Å². The Morgan fingerprint density at radius 2 is 1.78 bits per heavy atom. The van der Waals surface area contributed by atoms with Crippen molar-refractivity contribution >= 4 is 33.4 Å². The van der Waals surface area contributed by atoms with E-state index in [9.17, 15) is 5.11 Å². The maximum Gasteiger partial charge on any atom is 0.0883 e. The van der Waals surface area contributed by atoms with Crippen LogP contribution in [0.1, 0.15) is 11.7 Å². The molecule has 4 heteroatoms. The van der Waals surface area contributed by atoms with Crippen LogP contribution in [0.25, 0.3) is 0 Å². The van der Waals surface area contributed by atoms with Crippen LogP contribution in [0.15, 0.2) is 57.9 Å². The van der Waals surface area contributed by atoms with Gasteiger partial charge in [-0.3, -0.25) is 0 Å². The predicted molar refractivity (Wildman–Crippen MR) is 80.7 cm³/mol. The van der Waals surface area contributed by atoms with Gasteiger partial charge in [0, 0.05) is 20.8 Å². The topological polar surface area (TPSA) is 46.2 Å². The van der Waals surface area contributed by atoms with Gasteiger partial charge < -0.3 is 10.8 Å². The van der Waals surface area contributed by atoms with Crippen molar-refractivity contribution in [3.63, 3.8) is 0 Å². The van der Waals surface area contributed by atoms with Crippen LogP contribution in [-0.2, 0) is 0 Å². The van der Waals surface area contributed by atoms with E-state index in [0.29, 0.717) is 11.4 Å². The summed E-state index contributed by atoms with van der Waals surface area (Å²) in [6.45, 7) is 0. The summed E-state index contributed by atoms with van der Waals surface area (Å²) in [6.07, 6.45) is -0.484. The molecule has 0 aliphatic rings. The zero-order valence-electron chi connectivity index (χ0n) is 9.71. The van der Waals surface area contributed by atoms with E-state index in [-0.39, 0.29) is 0 Å². The lowest BCUT2D eigenvalue weighted by molar-refractivity contribution is 0.204. The van der Waals surface area contributed by atoms with Gasteiger partial charge in [0.25, 0.3) is 0 Å². The first-order chi connectivity index (χ1) is 8.66. The first-order valence-electron chi connectivity index (χ1n) is 5.57. The number of thioether (sulfide) groups is 1. The van der Waals surface area contributed by atoms with E-state index in [1.165, 1.54) is 0 Å². The van der Waals surface area contributed by atoms with Crippen molar-refractivity contribution in [1.29, 1.82) is 0 Å². The van der Waals surface area contributed by atoms with E-state index in [2.05, 4.69) is 15.9 Å². The number of aliphatic hydroxyl groups is 1. The highest BCUT2D eigenvalue weighted by molar-refractivity contribution is 9.10. The maximum absolute atomic E-state index is 10.1. The Labute approximate surface area is 119 Å². The summed E-state index contributed by atoms with van der Waals surface area (Å²) >= 11 is 5.12. The molecule has 0 aromatic heterocycles. The molecule has 2 aromatic carbocycles. The molecule has 0 heterocycles. The number of halogens is 1. The molecule has 2 rings (SSSR count). The molecule has 0 saturated heterocycles. The molecule has 0 aliphatic carbocycles. The van der Waals surface area contributed by atoms with Crippen molar-refractivity contribution in [2.45, 2.75) is 11.0 Å². The fraction of sp³-hybridized carbons (Fsp3) is 0.143. The number of nitrogen functional groups attached to an aromatic ring is 1. The summed E-state index contributed by atoms with van der Waals surface area (Å²) in [6, 6.07) is 15.3. The molecule has 0 aliphatic heterocycles. The van der Waals surface area contributed by atoms with Gasteiger partial charge >= 0.3 is 0 Å². The zero-order chi connectivity index (χ0) is 13.0. The molecule has 1 unspecified atom stereocenters. The van der Waals surface area contributed by atoms with Gasteiger partial charge in [0.15, 0.2) is 0 Å². The van der Waals surface area contributed by atoms with Gasteiger partial charge in [-0.05, 0) is 45.8 Å². The van der Waals surface area contributed by atoms with Gasteiger partial charge in [-0.25, -0.2) is 0 Å². The highest BCUT2D eigenvalue weighted by Gasteiger charge is 2.09. The summed E-state index contributed by atoms with van der Waals surface area (Å²) in [5, 5.41) is 10.1. The van der Waals surface area contributed by atoms with Gasteiger partial charge in [0.05, 0.1) is 6.10 Å². The van der Waals surface area contributed by atoms with E-state index in [1.807, 2.05) is 48.5 Å². The number of benzene rings is 2. The zero-order valence-corrected chi connectivity index (χ0v) is 12.1. The maximum atomic E-state index is 10.1. The van der Waals surface area contributed by atoms with Gasteiger partial charge in [0.1, 0.15) is 0 Å². The third-order valence-corrected chi connectivity index (χ3v) is 4.66. The average Bonchev–Trinajstić information content (AvgIpc) is 2.38.